The zero-order valence-corrected chi connectivity index (χ0v) is 9.81. The molecule has 0 heterocycles. The minimum Gasteiger partial charge on any atom is -0.487 e. The van der Waals surface area contributed by atoms with Crippen LogP contribution >= 0.6 is 0 Å². The number of hydrogen-bond acceptors (Lipinski definition) is 3. The molecule has 0 unspecified atom stereocenters. The highest BCUT2D eigenvalue weighted by Crippen LogP contribution is 2.28. The molecule has 0 N–H and O–H groups in total. The molecule has 0 aliphatic carbocycles. The van der Waals surface area contributed by atoms with E-state index in [4.69, 9.17) is 11.2 Å². The summed E-state index contributed by atoms with van der Waals surface area (Å²) in [5.74, 6) is 2.81. The summed E-state index contributed by atoms with van der Waals surface area (Å²) in [5, 5.41) is 10.9. The molecule has 0 atom stereocenters. The third-order valence-corrected chi connectivity index (χ3v) is 2.35. The van der Waals surface area contributed by atoms with Gasteiger partial charge in [-0.1, -0.05) is 13.0 Å². The lowest BCUT2D eigenvalue weighted by atomic mass is 10.1. The second-order valence-corrected chi connectivity index (χ2v) is 3.57. The second kappa shape index (κ2) is 6.54. The summed E-state index contributed by atoms with van der Waals surface area (Å²) in [4.78, 5) is 10.5. The molecule has 0 saturated heterocycles. The van der Waals surface area contributed by atoms with Crippen LogP contribution in [-0.4, -0.2) is 11.5 Å². The van der Waals surface area contributed by atoms with Crippen molar-refractivity contribution in [3.8, 4) is 18.1 Å². The third-order valence-electron chi connectivity index (χ3n) is 2.35. The highest BCUT2D eigenvalue weighted by molar-refractivity contribution is 5.48. The Labute approximate surface area is 101 Å². The van der Waals surface area contributed by atoms with Crippen molar-refractivity contribution in [2.75, 3.05) is 6.61 Å². The van der Waals surface area contributed by atoms with Crippen molar-refractivity contribution in [2.24, 2.45) is 0 Å². The van der Waals surface area contributed by atoms with Crippen LogP contribution in [0.4, 0.5) is 5.69 Å². The zero-order chi connectivity index (χ0) is 12.7. The van der Waals surface area contributed by atoms with Crippen molar-refractivity contribution in [1.82, 2.24) is 0 Å². The molecule has 0 saturated carbocycles. The highest BCUT2D eigenvalue weighted by atomic mass is 16.6. The Morgan fingerprint density at radius 1 is 1.53 bits per heavy atom. The van der Waals surface area contributed by atoms with Crippen molar-refractivity contribution in [1.29, 1.82) is 0 Å². The monoisotopic (exact) mass is 233 g/mol. The molecule has 0 fully saturated rings. The van der Waals surface area contributed by atoms with Crippen molar-refractivity contribution >= 4 is 5.69 Å². The summed E-state index contributed by atoms with van der Waals surface area (Å²) in [5.41, 5.74) is 0.942. The third kappa shape index (κ3) is 3.80. The Morgan fingerprint density at radius 2 is 2.29 bits per heavy atom. The van der Waals surface area contributed by atoms with Gasteiger partial charge in [0.2, 0.25) is 0 Å². The van der Waals surface area contributed by atoms with Crippen LogP contribution in [0.3, 0.4) is 0 Å². The van der Waals surface area contributed by atoms with Gasteiger partial charge in [0.25, 0.3) is 0 Å². The van der Waals surface area contributed by atoms with E-state index in [0.29, 0.717) is 25.2 Å². The van der Waals surface area contributed by atoms with E-state index in [0.717, 1.165) is 12.0 Å². The second-order valence-electron chi connectivity index (χ2n) is 3.57. The predicted molar refractivity (Wildman–Crippen MR) is 66.0 cm³/mol. The number of ether oxygens (including phenoxy) is 1. The zero-order valence-electron chi connectivity index (χ0n) is 9.81. The molecule has 0 aliphatic rings. The number of aryl methyl sites for hydroxylation is 1. The van der Waals surface area contributed by atoms with Gasteiger partial charge in [0.1, 0.15) is 0 Å². The van der Waals surface area contributed by atoms with Gasteiger partial charge < -0.3 is 4.74 Å². The van der Waals surface area contributed by atoms with E-state index in [-0.39, 0.29) is 5.69 Å². The van der Waals surface area contributed by atoms with Gasteiger partial charge in [0, 0.05) is 12.5 Å². The first-order valence-electron chi connectivity index (χ1n) is 5.52. The summed E-state index contributed by atoms with van der Waals surface area (Å²) in [6, 6.07) is 5.03. The van der Waals surface area contributed by atoms with Crippen molar-refractivity contribution in [2.45, 2.75) is 26.2 Å². The van der Waals surface area contributed by atoms with E-state index >= 15 is 0 Å². The number of benzene rings is 1. The normalized spacial score (nSPS) is 9.65. The summed E-state index contributed by atoms with van der Waals surface area (Å²) in [6.45, 7) is 2.35. The standard InChI is InChI=1S/C13H15NO3/c1-3-5-6-9-17-13-8-7-11(4-2)10-12(13)14(15)16/h1,7-8,10H,4-6,9H2,2H3. The van der Waals surface area contributed by atoms with E-state index in [2.05, 4.69) is 5.92 Å². The molecule has 0 amide bonds. The van der Waals surface area contributed by atoms with Gasteiger partial charge in [-0.2, -0.15) is 0 Å². The maximum absolute atomic E-state index is 10.9. The van der Waals surface area contributed by atoms with E-state index in [1.807, 2.05) is 13.0 Å². The fourth-order valence-electron chi connectivity index (χ4n) is 1.40. The number of nitro benzene ring substituents is 1. The first kappa shape index (κ1) is 13.0. The summed E-state index contributed by atoms with van der Waals surface area (Å²) >= 11 is 0. The van der Waals surface area contributed by atoms with Gasteiger partial charge in [-0.05, 0) is 24.5 Å². The molecule has 0 radical (unpaired) electrons. The van der Waals surface area contributed by atoms with Crippen LogP contribution in [0, 0.1) is 22.5 Å². The van der Waals surface area contributed by atoms with E-state index in [9.17, 15) is 10.1 Å². The SMILES string of the molecule is C#CCCCOc1ccc(CC)cc1[N+](=O)[O-]. The lowest BCUT2D eigenvalue weighted by Gasteiger charge is -2.06. The van der Waals surface area contributed by atoms with Gasteiger partial charge >= 0.3 is 5.69 Å². The van der Waals surface area contributed by atoms with Gasteiger partial charge in [-0.25, -0.2) is 0 Å². The largest absolute Gasteiger partial charge is 0.487 e. The Balaban J connectivity index is 2.77. The number of terminal acetylenes is 1. The number of nitrogens with zero attached hydrogens (tertiary/aromatic N) is 1. The predicted octanol–water partition coefficient (Wildman–Crippen LogP) is 2.95. The summed E-state index contributed by atoms with van der Waals surface area (Å²) in [6.07, 6.45) is 7.18. The average molecular weight is 233 g/mol. The fraction of sp³-hybridized carbons (Fsp3) is 0.385. The van der Waals surface area contributed by atoms with Crippen LogP contribution in [-0.2, 0) is 6.42 Å². The van der Waals surface area contributed by atoms with Gasteiger partial charge in [0.05, 0.1) is 11.5 Å². The molecule has 17 heavy (non-hydrogen) atoms. The summed E-state index contributed by atoms with van der Waals surface area (Å²) < 4.78 is 5.36. The minimum atomic E-state index is -0.421. The van der Waals surface area contributed by atoms with Crippen molar-refractivity contribution < 1.29 is 9.66 Å². The molecule has 0 spiro atoms. The number of nitro groups is 1. The van der Waals surface area contributed by atoms with Crippen LogP contribution in [0.25, 0.3) is 0 Å². The van der Waals surface area contributed by atoms with Gasteiger partial charge in [-0.15, -0.1) is 12.3 Å². The Hall–Kier alpha value is -2.02. The Bertz CT molecular complexity index is 435. The number of rotatable bonds is 6. The smallest absolute Gasteiger partial charge is 0.311 e. The number of hydrogen-bond donors (Lipinski definition) is 0. The molecule has 0 aromatic heterocycles. The molecular weight excluding hydrogens is 218 g/mol. The lowest BCUT2D eigenvalue weighted by molar-refractivity contribution is -0.385. The van der Waals surface area contributed by atoms with Gasteiger partial charge in [0.15, 0.2) is 5.75 Å². The first-order valence-corrected chi connectivity index (χ1v) is 5.52. The van der Waals surface area contributed by atoms with Crippen LogP contribution in [0.5, 0.6) is 5.75 Å². The van der Waals surface area contributed by atoms with E-state index < -0.39 is 4.92 Å². The minimum absolute atomic E-state index is 0.0186. The quantitative estimate of drug-likeness (QED) is 0.328. The van der Waals surface area contributed by atoms with Gasteiger partial charge in [-0.3, -0.25) is 10.1 Å². The van der Waals surface area contributed by atoms with Crippen LogP contribution in [0.1, 0.15) is 25.3 Å². The maximum atomic E-state index is 10.9. The number of unbranched alkanes of at least 4 members (excludes halogenated alkanes) is 1. The lowest BCUT2D eigenvalue weighted by Crippen LogP contribution is -2.01. The molecule has 4 heteroatoms. The van der Waals surface area contributed by atoms with E-state index in [1.54, 1.807) is 12.1 Å². The average Bonchev–Trinajstić information content (AvgIpc) is 2.34. The molecular formula is C13H15NO3. The van der Waals surface area contributed by atoms with E-state index in [1.165, 1.54) is 0 Å². The van der Waals surface area contributed by atoms with Crippen LogP contribution in [0.2, 0.25) is 0 Å². The first-order chi connectivity index (χ1) is 8.19. The molecule has 1 aromatic rings. The topological polar surface area (TPSA) is 52.4 Å². The van der Waals surface area contributed by atoms with Crippen LogP contribution in [0.15, 0.2) is 18.2 Å². The van der Waals surface area contributed by atoms with Crippen molar-refractivity contribution in [3.05, 3.63) is 33.9 Å². The Kier molecular flexibility index (Phi) is 5.02. The molecule has 4 nitrogen and oxygen atoms in total. The van der Waals surface area contributed by atoms with Crippen LogP contribution < -0.4 is 4.74 Å². The molecule has 90 valence electrons. The molecule has 0 aliphatic heterocycles. The highest BCUT2D eigenvalue weighted by Gasteiger charge is 2.15. The molecule has 0 bridgehead atoms. The Morgan fingerprint density at radius 3 is 2.88 bits per heavy atom. The summed E-state index contributed by atoms with van der Waals surface area (Å²) in [7, 11) is 0. The molecule has 1 aromatic carbocycles. The fourth-order valence-corrected chi connectivity index (χ4v) is 1.40. The van der Waals surface area contributed by atoms with Crippen molar-refractivity contribution in [3.63, 3.8) is 0 Å². The maximum Gasteiger partial charge on any atom is 0.311 e. The molecule has 1 rings (SSSR count).